The molecule has 0 unspecified atom stereocenters. The van der Waals surface area contributed by atoms with Gasteiger partial charge >= 0.3 is 0 Å². The van der Waals surface area contributed by atoms with Gasteiger partial charge in [-0.3, -0.25) is 0 Å². The number of rotatable bonds is 3. The van der Waals surface area contributed by atoms with Gasteiger partial charge in [0.1, 0.15) is 0 Å². The van der Waals surface area contributed by atoms with Gasteiger partial charge in [-0.25, -0.2) is 0 Å². The summed E-state index contributed by atoms with van der Waals surface area (Å²) in [5, 5.41) is 7.34. The molecular weight excluding hydrogens is 214 g/mol. The summed E-state index contributed by atoms with van der Waals surface area (Å²) in [4.78, 5) is 4.56. The summed E-state index contributed by atoms with van der Waals surface area (Å²) in [6.45, 7) is 6.42. The highest BCUT2D eigenvalue weighted by Crippen LogP contribution is 2.34. The molecule has 0 aromatic carbocycles. The minimum Gasteiger partial charge on any atom is -0.337 e. The zero-order valence-electron chi connectivity index (χ0n) is 11.3. The molecule has 4 heteroatoms. The van der Waals surface area contributed by atoms with Crippen LogP contribution in [0.25, 0.3) is 0 Å². The molecule has 17 heavy (non-hydrogen) atoms. The van der Waals surface area contributed by atoms with Crippen molar-refractivity contribution < 1.29 is 4.52 Å². The van der Waals surface area contributed by atoms with Crippen LogP contribution in [0.2, 0.25) is 0 Å². The Morgan fingerprint density at radius 3 is 2.47 bits per heavy atom. The van der Waals surface area contributed by atoms with Crippen molar-refractivity contribution in [2.24, 2.45) is 5.92 Å². The maximum atomic E-state index is 5.38. The third-order valence-corrected chi connectivity index (χ3v) is 3.98. The summed E-state index contributed by atoms with van der Waals surface area (Å²) in [6, 6.07) is 0. The number of hydrogen-bond acceptors (Lipinski definition) is 4. The Balaban J connectivity index is 2.08. The van der Waals surface area contributed by atoms with Gasteiger partial charge in [-0.15, -0.1) is 0 Å². The number of aromatic nitrogens is 2. The lowest BCUT2D eigenvalue weighted by atomic mass is 9.83. The fraction of sp³-hybridized carbons (Fsp3) is 0.846. The zero-order chi connectivity index (χ0) is 12.5. The summed E-state index contributed by atoms with van der Waals surface area (Å²) >= 11 is 0. The highest BCUT2D eigenvalue weighted by Gasteiger charge is 2.29. The van der Waals surface area contributed by atoms with Gasteiger partial charge in [0.25, 0.3) is 0 Å². The molecular formula is C13H23N3O. The minimum atomic E-state index is -0.243. The molecule has 0 radical (unpaired) electrons. The maximum Gasteiger partial charge on any atom is 0.246 e. The molecule has 0 amide bonds. The van der Waals surface area contributed by atoms with E-state index in [0.717, 1.165) is 11.7 Å². The average Bonchev–Trinajstić information content (AvgIpc) is 2.80. The lowest BCUT2D eigenvalue weighted by molar-refractivity contribution is 0.276. The summed E-state index contributed by atoms with van der Waals surface area (Å²) in [6.07, 6.45) is 4.95. The number of nitrogens with one attached hydrogen (secondary N) is 1. The Labute approximate surface area is 103 Å². The smallest absolute Gasteiger partial charge is 0.246 e. The fourth-order valence-electron chi connectivity index (χ4n) is 2.28. The molecule has 1 aliphatic carbocycles. The van der Waals surface area contributed by atoms with E-state index in [2.05, 4.69) is 22.4 Å². The molecule has 1 aromatic rings. The summed E-state index contributed by atoms with van der Waals surface area (Å²) < 4.78 is 5.38. The summed E-state index contributed by atoms with van der Waals surface area (Å²) in [7, 11) is 1.91. The van der Waals surface area contributed by atoms with E-state index in [9.17, 15) is 0 Å². The van der Waals surface area contributed by atoms with Gasteiger partial charge < -0.3 is 9.84 Å². The molecule has 1 aromatic heterocycles. The van der Waals surface area contributed by atoms with Crippen molar-refractivity contribution in [3.8, 4) is 0 Å². The molecule has 0 aliphatic heterocycles. The molecule has 4 nitrogen and oxygen atoms in total. The second-order valence-corrected chi connectivity index (χ2v) is 5.79. The molecule has 1 aliphatic rings. The van der Waals surface area contributed by atoms with E-state index in [1.165, 1.54) is 25.7 Å². The van der Waals surface area contributed by atoms with Gasteiger partial charge in [-0.1, -0.05) is 24.9 Å². The van der Waals surface area contributed by atoms with E-state index in [0.29, 0.717) is 11.8 Å². The van der Waals surface area contributed by atoms with Crippen molar-refractivity contribution in [3.05, 3.63) is 11.7 Å². The molecule has 1 saturated carbocycles. The first-order valence-corrected chi connectivity index (χ1v) is 6.56. The van der Waals surface area contributed by atoms with Gasteiger partial charge in [0, 0.05) is 5.92 Å². The Kier molecular flexibility index (Phi) is 3.52. The van der Waals surface area contributed by atoms with Gasteiger partial charge in [-0.2, -0.15) is 4.98 Å². The lowest BCUT2D eigenvalue weighted by Crippen LogP contribution is -2.33. The third-order valence-electron chi connectivity index (χ3n) is 3.98. The molecule has 0 spiro atoms. The van der Waals surface area contributed by atoms with Crippen molar-refractivity contribution >= 4 is 0 Å². The first kappa shape index (κ1) is 12.6. The molecule has 1 fully saturated rings. The fourth-order valence-corrected chi connectivity index (χ4v) is 2.28. The Morgan fingerprint density at radius 1 is 1.24 bits per heavy atom. The SMILES string of the molecule is CNC(C)(C)c1nc(C2CCC(C)CC2)no1. The lowest BCUT2D eigenvalue weighted by Gasteiger charge is -2.23. The highest BCUT2D eigenvalue weighted by atomic mass is 16.5. The van der Waals surface area contributed by atoms with E-state index in [-0.39, 0.29) is 5.54 Å². The van der Waals surface area contributed by atoms with Crippen LogP contribution in [-0.4, -0.2) is 17.2 Å². The van der Waals surface area contributed by atoms with Crippen LogP contribution in [0.15, 0.2) is 4.52 Å². The average molecular weight is 237 g/mol. The van der Waals surface area contributed by atoms with Crippen LogP contribution in [0.5, 0.6) is 0 Å². The van der Waals surface area contributed by atoms with Gasteiger partial charge in [0.05, 0.1) is 5.54 Å². The largest absolute Gasteiger partial charge is 0.337 e. The molecule has 0 bridgehead atoms. The summed E-state index contributed by atoms with van der Waals surface area (Å²) in [5.74, 6) is 2.94. The first-order valence-electron chi connectivity index (χ1n) is 6.56. The Bertz CT molecular complexity index is 364. The molecule has 0 saturated heterocycles. The van der Waals surface area contributed by atoms with Crippen LogP contribution in [-0.2, 0) is 5.54 Å². The van der Waals surface area contributed by atoms with Crippen molar-refractivity contribution in [3.63, 3.8) is 0 Å². The zero-order valence-corrected chi connectivity index (χ0v) is 11.3. The first-order chi connectivity index (χ1) is 8.03. The summed E-state index contributed by atoms with van der Waals surface area (Å²) in [5.41, 5.74) is -0.243. The number of nitrogens with zero attached hydrogens (tertiary/aromatic N) is 2. The van der Waals surface area contributed by atoms with Crippen LogP contribution in [0.3, 0.4) is 0 Å². The monoisotopic (exact) mass is 237 g/mol. The van der Waals surface area contributed by atoms with Gasteiger partial charge in [0.15, 0.2) is 5.82 Å². The molecule has 2 rings (SSSR count). The van der Waals surface area contributed by atoms with Crippen molar-refractivity contribution in [1.82, 2.24) is 15.5 Å². The Morgan fingerprint density at radius 2 is 1.88 bits per heavy atom. The van der Waals surface area contributed by atoms with Gasteiger partial charge in [0.2, 0.25) is 5.89 Å². The second-order valence-electron chi connectivity index (χ2n) is 5.79. The number of hydrogen-bond donors (Lipinski definition) is 1. The van der Waals surface area contributed by atoms with E-state index >= 15 is 0 Å². The van der Waals surface area contributed by atoms with Crippen molar-refractivity contribution in [1.29, 1.82) is 0 Å². The quantitative estimate of drug-likeness (QED) is 0.878. The normalized spacial score (nSPS) is 26.1. The van der Waals surface area contributed by atoms with Crippen LogP contribution < -0.4 is 5.32 Å². The van der Waals surface area contributed by atoms with Crippen LogP contribution in [0.1, 0.15) is 64.1 Å². The van der Waals surface area contributed by atoms with Gasteiger partial charge in [-0.05, 0) is 39.7 Å². The minimum absolute atomic E-state index is 0.243. The van der Waals surface area contributed by atoms with E-state index in [1.807, 2.05) is 20.9 Å². The predicted octanol–water partition coefficient (Wildman–Crippen LogP) is 2.82. The molecule has 0 atom stereocenters. The van der Waals surface area contributed by atoms with Crippen LogP contribution in [0, 0.1) is 5.92 Å². The van der Waals surface area contributed by atoms with E-state index in [4.69, 9.17) is 4.52 Å². The Hall–Kier alpha value is -0.900. The molecule has 96 valence electrons. The second kappa shape index (κ2) is 4.77. The maximum absolute atomic E-state index is 5.38. The topological polar surface area (TPSA) is 51.0 Å². The third kappa shape index (κ3) is 2.68. The molecule has 1 N–H and O–H groups in total. The van der Waals surface area contributed by atoms with Crippen LogP contribution >= 0.6 is 0 Å². The predicted molar refractivity (Wildman–Crippen MR) is 66.8 cm³/mol. The van der Waals surface area contributed by atoms with Crippen molar-refractivity contribution in [2.75, 3.05) is 7.05 Å². The van der Waals surface area contributed by atoms with E-state index in [1.54, 1.807) is 0 Å². The van der Waals surface area contributed by atoms with E-state index < -0.39 is 0 Å². The highest BCUT2D eigenvalue weighted by molar-refractivity contribution is 5.03. The molecule has 1 heterocycles. The van der Waals surface area contributed by atoms with Crippen LogP contribution in [0.4, 0.5) is 0 Å². The standard InChI is InChI=1S/C13H23N3O/c1-9-5-7-10(8-6-9)11-15-12(17-16-11)13(2,3)14-4/h9-10,14H,5-8H2,1-4H3. The van der Waals surface area contributed by atoms with Crippen molar-refractivity contribution in [2.45, 2.75) is 57.9 Å².